The number of rotatable bonds is 6. The number of hydrogen-bond acceptors (Lipinski definition) is 3. The van der Waals surface area contributed by atoms with Gasteiger partial charge in [-0.15, -0.1) is 0 Å². The summed E-state index contributed by atoms with van der Waals surface area (Å²) >= 11 is 0. The van der Waals surface area contributed by atoms with E-state index < -0.39 is 0 Å². The van der Waals surface area contributed by atoms with Crippen molar-refractivity contribution in [1.82, 2.24) is 10.2 Å². The Bertz CT molecular complexity index is 187. The second-order valence-electron chi connectivity index (χ2n) is 5.10. The Hall–Kier alpha value is -0.120. The lowest BCUT2D eigenvalue weighted by Crippen LogP contribution is -2.49. The molecule has 1 N–H and O–H groups in total. The van der Waals surface area contributed by atoms with Crippen LogP contribution >= 0.6 is 0 Å². The lowest BCUT2D eigenvalue weighted by molar-refractivity contribution is -0.0213. The molecule has 0 aromatic heterocycles. The summed E-state index contributed by atoms with van der Waals surface area (Å²) in [5.74, 6) is 0. The summed E-state index contributed by atoms with van der Waals surface area (Å²) < 4.78 is 5.47. The molecule has 1 aliphatic heterocycles. The molecular weight excluding hydrogens is 200 g/mol. The van der Waals surface area contributed by atoms with E-state index in [1.165, 1.54) is 12.8 Å². The normalized spacial score (nSPS) is 26.6. The van der Waals surface area contributed by atoms with Crippen LogP contribution in [0.3, 0.4) is 0 Å². The predicted octanol–water partition coefficient (Wildman–Crippen LogP) is 1.87. The number of nitrogens with zero attached hydrogens (tertiary/aromatic N) is 1. The molecular formula is C13H28N2O. The molecule has 1 aliphatic rings. The van der Waals surface area contributed by atoms with E-state index >= 15 is 0 Å². The Morgan fingerprint density at radius 2 is 2.19 bits per heavy atom. The van der Waals surface area contributed by atoms with Gasteiger partial charge >= 0.3 is 0 Å². The van der Waals surface area contributed by atoms with E-state index in [1.54, 1.807) is 0 Å². The van der Waals surface area contributed by atoms with E-state index in [1.807, 2.05) is 0 Å². The first-order chi connectivity index (χ1) is 7.65. The largest absolute Gasteiger partial charge is 0.379 e. The minimum absolute atomic E-state index is 0.571. The van der Waals surface area contributed by atoms with Gasteiger partial charge in [0.25, 0.3) is 0 Å². The third-order valence-electron chi connectivity index (χ3n) is 3.42. The van der Waals surface area contributed by atoms with Gasteiger partial charge in [-0.1, -0.05) is 6.92 Å². The van der Waals surface area contributed by atoms with Gasteiger partial charge in [0.2, 0.25) is 0 Å². The molecule has 0 spiro atoms. The fourth-order valence-electron chi connectivity index (χ4n) is 2.52. The van der Waals surface area contributed by atoms with Crippen LogP contribution in [0.25, 0.3) is 0 Å². The number of nitrogens with one attached hydrogen (secondary N) is 1. The standard InChI is InChI=1S/C13H28N2O/c1-5-6-14-11(2)9-12(3)15-7-8-16-10-13(15)4/h11-14H,5-10H2,1-4H3. The summed E-state index contributed by atoms with van der Waals surface area (Å²) in [4.78, 5) is 2.58. The van der Waals surface area contributed by atoms with Crippen molar-refractivity contribution in [3.8, 4) is 0 Å². The van der Waals surface area contributed by atoms with Crippen LogP contribution in [-0.2, 0) is 4.74 Å². The first-order valence-electron chi connectivity index (χ1n) is 6.72. The van der Waals surface area contributed by atoms with Crippen molar-refractivity contribution in [2.75, 3.05) is 26.3 Å². The fraction of sp³-hybridized carbons (Fsp3) is 1.00. The Morgan fingerprint density at radius 3 is 2.81 bits per heavy atom. The minimum atomic E-state index is 0.571. The van der Waals surface area contributed by atoms with Crippen LogP contribution in [0.2, 0.25) is 0 Å². The number of morpholine rings is 1. The molecule has 0 bridgehead atoms. The van der Waals surface area contributed by atoms with E-state index in [9.17, 15) is 0 Å². The Labute approximate surface area is 101 Å². The van der Waals surface area contributed by atoms with E-state index in [0.717, 1.165) is 26.3 Å². The molecule has 3 unspecified atom stereocenters. The SMILES string of the molecule is CCCNC(C)CC(C)N1CCOCC1C. The summed E-state index contributed by atoms with van der Waals surface area (Å²) in [5.41, 5.74) is 0. The second-order valence-corrected chi connectivity index (χ2v) is 5.10. The molecule has 1 saturated heterocycles. The van der Waals surface area contributed by atoms with Gasteiger partial charge in [-0.05, 0) is 40.2 Å². The Balaban J connectivity index is 2.29. The highest BCUT2D eigenvalue weighted by Crippen LogP contribution is 2.14. The lowest BCUT2D eigenvalue weighted by atomic mass is 10.1. The summed E-state index contributed by atoms with van der Waals surface area (Å²) in [5, 5.41) is 3.56. The van der Waals surface area contributed by atoms with Crippen LogP contribution in [0.4, 0.5) is 0 Å². The summed E-state index contributed by atoms with van der Waals surface area (Å²) in [6, 6.07) is 1.84. The van der Waals surface area contributed by atoms with Gasteiger partial charge in [-0.3, -0.25) is 4.90 Å². The quantitative estimate of drug-likeness (QED) is 0.751. The third-order valence-corrected chi connectivity index (χ3v) is 3.42. The van der Waals surface area contributed by atoms with E-state index in [4.69, 9.17) is 4.74 Å². The average molecular weight is 228 g/mol. The van der Waals surface area contributed by atoms with Crippen LogP contribution in [0, 0.1) is 0 Å². The van der Waals surface area contributed by atoms with Gasteiger partial charge in [-0.2, -0.15) is 0 Å². The molecule has 1 rings (SSSR count). The third kappa shape index (κ3) is 4.40. The first kappa shape index (κ1) is 13.9. The molecule has 3 nitrogen and oxygen atoms in total. The van der Waals surface area contributed by atoms with Gasteiger partial charge in [0, 0.05) is 24.7 Å². The van der Waals surface area contributed by atoms with Crippen LogP contribution in [0.5, 0.6) is 0 Å². The molecule has 1 fully saturated rings. The molecule has 0 aromatic rings. The van der Waals surface area contributed by atoms with Crippen molar-refractivity contribution >= 4 is 0 Å². The number of hydrogen-bond donors (Lipinski definition) is 1. The van der Waals surface area contributed by atoms with Crippen molar-refractivity contribution in [2.24, 2.45) is 0 Å². The van der Waals surface area contributed by atoms with Crippen LogP contribution in [-0.4, -0.2) is 49.3 Å². The predicted molar refractivity (Wildman–Crippen MR) is 68.8 cm³/mol. The van der Waals surface area contributed by atoms with Gasteiger partial charge in [0.15, 0.2) is 0 Å². The van der Waals surface area contributed by atoms with Crippen LogP contribution in [0.1, 0.15) is 40.5 Å². The van der Waals surface area contributed by atoms with Crippen molar-refractivity contribution in [3.05, 3.63) is 0 Å². The monoisotopic (exact) mass is 228 g/mol. The van der Waals surface area contributed by atoms with E-state index in [0.29, 0.717) is 18.1 Å². The maximum atomic E-state index is 5.47. The smallest absolute Gasteiger partial charge is 0.0619 e. The minimum Gasteiger partial charge on any atom is -0.379 e. The molecule has 1 heterocycles. The molecule has 3 heteroatoms. The second kappa shape index (κ2) is 7.25. The molecule has 0 aromatic carbocycles. The fourth-order valence-corrected chi connectivity index (χ4v) is 2.52. The first-order valence-corrected chi connectivity index (χ1v) is 6.72. The van der Waals surface area contributed by atoms with Crippen molar-refractivity contribution in [1.29, 1.82) is 0 Å². The van der Waals surface area contributed by atoms with E-state index in [-0.39, 0.29) is 0 Å². The highest BCUT2D eigenvalue weighted by atomic mass is 16.5. The highest BCUT2D eigenvalue weighted by molar-refractivity contribution is 4.79. The molecule has 0 amide bonds. The molecule has 0 radical (unpaired) electrons. The highest BCUT2D eigenvalue weighted by Gasteiger charge is 2.24. The lowest BCUT2D eigenvalue weighted by Gasteiger charge is -2.38. The van der Waals surface area contributed by atoms with Crippen LogP contribution in [0.15, 0.2) is 0 Å². The van der Waals surface area contributed by atoms with Crippen molar-refractivity contribution < 1.29 is 4.74 Å². The van der Waals surface area contributed by atoms with Gasteiger partial charge in [0.05, 0.1) is 13.2 Å². The maximum absolute atomic E-state index is 5.47. The molecule has 16 heavy (non-hydrogen) atoms. The van der Waals surface area contributed by atoms with Crippen molar-refractivity contribution in [2.45, 2.75) is 58.7 Å². The summed E-state index contributed by atoms with van der Waals surface area (Å²) in [7, 11) is 0. The summed E-state index contributed by atoms with van der Waals surface area (Å²) in [6.07, 6.45) is 2.44. The molecule has 3 atom stereocenters. The average Bonchev–Trinajstić information content (AvgIpc) is 2.26. The molecule has 0 saturated carbocycles. The van der Waals surface area contributed by atoms with Crippen LogP contribution < -0.4 is 5.32 Å². The van der Waals surface area contributed by atoms with E-state index in [2.05, 4.69) is 37.9 Å². The summed E-state index contributed by atoms with van der Waals surface area (Å²) in [6.45, 7) is 13.1. The molecule has 0 aliphatic carbocycles. The van der Waals surface area contributed by atoms with Gasteiger partial charge in [-0.25, -0.2) is 0 Å². The Morgan fingerprint density at radius 1 is 1.44 bits per heavy atom. The zero-order valence-electron chi connectivity index (χ0n) is 11.3. The topological polar surface area (TPSA) is 24.5 Å². The van der Waals surface area contributed by atoms with Gasteiger partial charge in [0.1, 0.15) is 0 Å². The Kier molecular flexibility index (Phi) is 6.32. The molecule has 96 valence electrons. The van der Waals surface area contributed by atoms with Gasteiger partial charge < -0.3 is 10.1 Å². The number of ether oxygens (including phenoxy) is 1. The zero-order valence-corrected chi connectivity index (χ0v) is 11.3. The van der Waals surface area contributed by atoms with Crippen molar-refractivity contribution in [3.63, 3.8) is 0 Å². The zero-order chi connectivity index (χ0) is 12.0. The maximum Gasteiger partial charge on any atom is 0.0619 e.